The van der Waals surface area contributed by atoms with Crippen LogP contribution in [0.2, 0.25) is 0 Å². The second-order valence-electron chi connectivity index (χ2n) is 5.27. The van der Waals surface area contributed by atoms with Gasteiger partial charge in [-0.2, -0.15) is 0 Å². The van der Waals surface area contributed by atoms with Gasteiger partial charge in [0.15, 0.2) is 0 Å². The van der Waals surface area contributed by atoms with Gasteiger partial charge in [0.25, 0.3) is 0 Å². The predicted molar refractivity (Wildman–Crippen MR) is 72.9 cm³/mol. The van der Waals surface area contributed by atoms with Gasteiger partial charge < -0.3 is 10.4 Å². The summed E-state index contributed by atoms with van der Waals surface area (Å²) in [5.74, 6) is 1.57. The highest BCUT2D eigenvalue weighted by Gasteiger charge is 2.17. The van der Waals surface area contributed by atoms with Crippen molar-refractivity contribution in [1.29, 1.82) is 0 Å². The molecule has 1 rings (SSSR count). The molecule has 0 aliphatic carbocycles. The van der Waals surface area contributed by atoms with Crippen LogP contribution in [0.5, 0.6) is 0 Å². The molecule has 1 aromatic heterocycles. The summed E-state index contributed by atoms with van der Waals surface area (Å²) < 4.78 is 0. The summed E-state index contributed by atoms with van der Waals surface area (Å²) in [6, 6.07) is 3.28. The fourth-order valence-electron chi connectivity index (χ4n) is 2.09. The van der Waals surface area contributed by atoms with E-state index in [1.165, 1.54) is 6.20 Å². The Morgan fingerprint density at radius 3 is 2.28 bits per heavy atom. The normalized spacial score (nSPS) is 11.3. The zero-order valence-electron chi connectivity index (χ0n) is 11.5. The molecule has 0 unspecified atom stereocenters. The van der Waals surface area contributed by atoms with E-state index in [0.717, 1.165) is 12.4 Å². The van der Waals surface area contributed by atoms with Crippen LogP contribution in [0, 0.1) is 17.8 Å². The van der Waals surface area contributed by atoms with Gasteiger partial charge in [-0.3, -0.25) is 0 Å². The number of pyridine rings is 1. The number of nitrogens with one attached hydrogen (secondary N) is 1. The zero-order chi connectivity index (χ0) is 13.7. The SMILES string of the molecule is CC(C)C(CNc1ccc(C(=O)O)cn1)C(C)C. The lowest BCUT2D eigenvalue weighted by Gasteiger charge is -2.25. The molecule has 4 heteroatoms. The molecule has 0 saturated carbocycles. The van der Waals surface area contributed by atoms with Gasteiger partial charge in [0.1, 0.15) is 5.82 Å². The molecule has 0 fully saturated rings. The maximum atomic E-state index is 10.7. The molecule has 0 aliphatic rings. The average Bonchev–Trinajstić information content (AvgIpc) is 2.28. The molecule has 100 valence electrons. The number of hydrogen-bond donors (Lipinski definition) is 2. The summed E-state index contributed by atoms with van der Waals surface area (Å²) in [4.78, 5) is 14.8. The van der Waals surface area contributed by atoms with Crippen LogP contribution in [0.25, 0.3) is 0 Å². The van der Waals surface area contributed by atoms with Crippen LogP contribution < -0.4 is 5.32 Å². The number of aromatic carboxylic acids is 1. The van der Waals surface area contributed by atoms with Gasteiger partial charge in [-0.25, -0.2) is 9.78 Å². The van der Waals surface area contributed by atoms with E-state index in [4.69, 9.17) is 5.11 Å². The van der Waals surface area contributed by atoms with Crippen molar-refractivity contribution in [2.75, 3.05) is 11.9 Å². The number of nitrogens with zero attached hydrogens (tertiary/aromatic N) is 1. The van der Waals surface area contributed by atoms with E-state index in [-0.39, 0.29) is 5.56 Å². The van der Waals surface area contributed by atoms with Crippen molar-refractivity contribution in [3.63, 3.8) is 0 Å². The van der Waals surface area contributed by atoms with Crippen molar-refractivity contribution in [3.8, 4) is 0 Å². The molecule has 0 saturated heterocycles. The zero-order valence-corrected chi connectivity index (χ0v) is 11.5. The minimum absolute atomic E-state index is 0.213. The van der Waals surface area contributed by atoms with E-state index < -0.39 is 5.97 Å². The molecule has 0 radical (unpaired) electrons. The van der Waals surface area contributed by atoms with Crippen LogP contribution in [0.15, 0.2) is 18.3 Å². The Kier molecular flexibility index (Phi) is 5.13. The highest BCUT2D eigenvalue weighted by atomic mass is 16.4. The van der Waals surface area contributed by atoms with Crippen LogP contribution in [-0.2, 0) is 0 Å². The number of carboxylic acids is 1. The summed E-state index contributed by atoms with van der Waals surface area (Å²) in [5, 5.41) is 12.0. The number of carbonyl (C=O) groups is 1. The quantitative estimate of drug-likeness (QED) is 0.814. The summed E-state index contributed by atoms with van der Waals surface area (Å²) in [6.07, 6.45) is 1.38. The van der Waals surface area contributed by atoms with Gasteiger partial charge in [-0.15, -0.1) is 0 Å². The fourth-order valence-corrected chi connectivity index (χ4v) is 2.09. The first-order chi connectivity index (χ1) is 8.41. The fraction of sp³-hybridized carbons (Fsp3) is 0.571. The van der Waals surface area contributed by atoms with Gasteiger partial charge in [-0.05, 0) is 29.9 Å². The lowest BCUT2D eigenvalue weighted by Crippen LogP contribution is -2.24. The molecule has 2 N–H and O–H groups in total. The molecule has 4 nitrogen and oxygen atoms in total. The molecular weight excluding hydrogens is 228 g/mol. The maximum Gasteiger partial charge on any atom is 0.337 e. The third-order valence-electron chi connectivity index (χ3n) is 3.24. The van der Waals surface area contributed by atoms with Crippen LogP contribution in [0.3, 0.4) is 0 Å². The van der Waals surface area contributed by atoms with Crippen LogP contribution in [-0.4, -0.2) is 22.6 Å². The van der Waals surface area contributed by atoms with Gasteiger partial charge >= 0.3 is 5.97 Å². The largest absolute Gasteiger partial charge is 0.478 e. The second-order valence-corrected chi connectivity index (χ2v) is 5.27. The lowest BCUT2D eigenvalue weighted by atomic mass is 9.85. The van der Waals surface area contributed by atoms with Crippen LogP contribution >= 0.6 is 0 Å². The smallest absolute Gasteiger partial charge is 0.337 e. The van der Waals surface area contributed by atoms with Crippen LogP contribution in [0.4, 0.5) is 5.82 Å². The van der Waals surface area contributed by atoms with Gasteiger partial charge in [-0.1, -0.05) is 27.7 Å². The van der Waals surface area contributed by atoms with Gasteiger partial charge in [0.05, 0.1) is 5.56 Å². The summed E-state index contributed by atoms with van der Waals surface area (Å²) >= 11 is 0. The average molecular weight is 250 g/mol. The molecular formula is C14H22N2O2. The molecule has 0 atom stereocenters. The molecule has 18 heavy (non-hydrogen) atoms. The number of rotatable bonds is 6. The monoisotopic (exact) mass is 250 g/mol. The highest BCUT2D eigenvalue weighted by Crippen LogP contribution is 2.20. The number of anilines is 1. The molecule has 0 amide bonds. The molecule has 0 aliphatic heterocycles. The minimum atomic E-state index is -0.948. The van der Waals surface area contributed by atoms with Crippen LogP contribution in [0.1, 0.15) is 38.1 Å². The highest BCUT2D eigenvalue weighted by molar-refractivity contribution is 5.87. The van der Waals surface area contributed by atoms with Gasteiger partial charge in [0, 0.05) is 12.7 Å². The number of hydrogen-bond acceptors (Lipinski definition) is 3. The molecule has 1 aromatic rings. The van der Waals surface area contributed by atoms with E-state index in [0.29, 0.717) is 17.8 Å². The molecule has 1 heterocycles. The minimum Gasteiger partial charge on any atom is -0.478 e. The second kappa shape index (κ2) is 6.38. The van der Waals surface area contributed by atoms with Crippen molar-refractivity contribution in [2.24, 2.45) is 17.8 Å². The van der Waals surface area contributed by atoms with Gasteiger partial charge in [0.2, 0.25) is 0 Å². The Labute approximate surface area is 108 Å². The molecule has 0 aromatic carbocycles. The Hall–Kier alpha value is -1.58. The third-order valence-corrected chi connectivity index (χ3v) is 3.24. The first-order valence-electron chi connectivity index (χ1n) is 6.35. The van der Waals surface area contributed by atoms with Crippen molar-refractivity contribution in [3.05, 3.63) is 23.9 Å². The molecule has 0 spiro atoms. The van der Waals surface area contributed by atoms with Crippen molar-refractivity contribution in [2.45, 2.75) is 27.7 Å². The predicted octanol–water partition coefficient (Wildman–Crippen LogP) is 3.12. The van der Waals surface area contributed by atoms with E-state index in [1.54, 1.807) is 12.1 Å². The molecule has 0 bridgehead atoms. The Balaban J connectivity index is 2.60. The maximum absolute atomic E-state index is 10.7. The van der Waals surface area contributed by atoms with Crippen molar-refractivity contribution >= 4 is 11.8 Å². The van der Waals surface area contributed by atoms with E-state index >= 15 is 0 Å². The first-order valence-corrected chi connectivity index (χ1v) is 6.35. The number of aromatic nitrogens is 1. The summed E-state index contributed by atoms with van der Waals surface area (Å²) in [6.45, 7) is 9.72. The standard InChI is InChI=1S/C14H22N2O2/c1-9(2)12(10(3)4)8-16-13-6-5-11(7-15-13)14(17)18/h5-7,9-10,12H,8H2,1-4H3,(H,15,16)(H,17,18). The third kappa shape index (κ3) is 4.02. The Bertz CT molecular complexity index is 377. The van der Waals surface area contributed by atoms with E-state index in [9.17, 15) is 4.79 Å². The first kappa shape index (κ1) is 14.5. The van der Waals surface area contributed by atoms with E-state index in [2.05, 4.69) is 38.0 Å². The summed E-state index contributed by atoms with van der Waals surface area (Å²) in [5.41, 5.74) is 0.213. The van der Waals surface area contributed by atoms with E-state index in [1.807, 2.05) is 0 Å². The number of carboxylic acid groups (broad SMARTS) is 1. The Morgan fingerprint density at radius 2 is 1.89 bits per heavy atom. The Morgan fingerprint density at radius 1 is 1.28 bits per heavy atom. The lowest BCUT2D eigenvalue weighted by molar-refractivity contribution is 0.0696. The van der Waals surface area contributed by atoms with Crippen molar-refractivity contribution < 1.29 is 9.90 Å². The summed E-state index contributed by atoms with van der Waals surface area (Å²) in [7, 11) is 0. The topological polar surface area (TPSA) is 62.2 Å². The van der Waals surface area contributed by atoms with Crippen molar-refractivity contribution in [1.82, 2.24) is 4.98 Å².